The molecule has 0 unspecified atom stereocenters. The van der Waals surface area contributed by atoms with Crippen LogP contribution in [0.15, 0.2) is 77.8 Å². The number of benzene rings is 3. The molecule has 174 valence electrons. The first-order chi connectivity index (χ1) is 15.9. The van der Waals surface area contributed by atoms with Crippen LogP contribution in [0.4, 0.5) is 13.2 Å². The quantitative estimate of drug-likeness (QED) is 0.268. The van der Waals surface area contributed by atoms with Crippen molar-refractivity contribution in [3.63, 3.8) is 0 Å². The summed E-state index contributed by atoms with van der Waals surface area (Å²) in [6.07, 6.45) is -2.15. The van der Waals surface area contributed by atoms with E-state index in [9.17, 15) is 26.4 Å². The van der Waals surface area contributed by atoms with Crippen molar-refractivity contribution in [2.24, 2.45) is 0 Å². The summed E-state index contributed by atoms with van der Waals surface area (Å²) < 4.78 is 69.3. The summed E-state index contributed by atoms with van der Waals surface area (Å²) in [6.45, 7) is 1.73. The Balaban J connectivity index is 1.75. The number of halogens is 3. The highest BCUT2D eigenvalue weighted by Gasteiger charge is 2.33. The molecule has 3 aromatic carbocycles. The number of para-hydroxylation sites is 1. The maximum Gasteiger partial charge on any atom is 0.418 e. The third kappa shape index (κ3) is 4.65. The summed E-state index contributed by atoms with van der Waals surface area (Å²) in [5.41, 5.74) is 0.805. The molecule has 0 spiro atoms. The van der Waals surface area contributed by atoms with E-state index in [0.29, 0.717) is 22.1 Å². The van der Waals surface area contributed by atoms with Gasteiger partial charge in [-0.15, -0.1) is 0 Å². The molecule has 4 aromatic rings. The van der Waals surface area contributed by atoms with Gasteiger partial charge < -0.3 is 4.74 Å². The third-order valence-corrected chi connectivity index (χ3v) is 6.33. The van der Waals surface area contributed by atoms with Crippen molar-refractivity contribution in [1.82, 2.24) is 4.98 Å². The number of esters is 1. The molecule has 0 aliphatic heterocycles. The van der Waals surface area contributed by atoms with Crippen LogP contribution in [-0.2, 0) is 16.0 Å². The number of aryl methyl sites for hydroxylation is 1. The molecule has 0 atom stereocenters. The number of pyridine rings is 1. The molecule has 0 fully saturated rings. The van der Waals surface area contributed by atoms with E-state index in [1.165, 1.54) is 48.7 Å². The highest BCUT2D eigenvalue weighted by atomic mass is 32.2. The first-order valence-electron chi connectivity index (χ1n) is 10.0. The van der Waals surface area contributed by atoms with Crippen LogP contribution in [0.3, 0.4) is 0 Å². The average Bonchev–Trinajstić information content (AvgIpc) is 2.77. The summed E-state index contributed by atoms with van der Waals surface area (Å²) in [6, 6.07) is 15.7. The van der Waals surface area contributed by atoms with Gasteiger partial charge in [0.25, 0.3) is 0 Å². The van der Waals surface area contributed by atoms with Crippen molar-refractivity contribution in [3.05, 3.63) is 89.6 Å². The normalized spacial score (nSPS) is 12.0. The molecular formula is C25H18F3NO4S. The summed E-state index contributed by atoms with van der Waals surface area (Å²) >= 11 is 0. The largest absolute Gasteiger partial charge is 0.423 e. The highest BCUT2D eigenvalue weighted by molar-refractivity contribution is 7.90. The van der Waals surface area contributed by atoms with E-state index in [4.69, 9.17) is 4.74 Å². The van der Waals surface area contributed by atoms with E-state index in [0.717, 1.165) is 12.3 Å². The maximum absolute atomic E-state index is 13.5. The van der Waals surface area contributed by atoms with Crippen molar-refractivity contribution in [2.75, 3.05) is 6.26 Å². The number of hydrogen-bond acceptors (Lipinski definition) is 5. The van der Waals surface area contributed by atoms with Gasteiger partial charge in [0.1, 0.15) is 5.75 Å². The molecular weight excluding hydrogens is 467 g/mol. The summed E-state index contributed by atoms with van der Waals surface area (Å²) in [5.74, 6) is -0.682. The van der Waals surface area contributed by atoms with Crippen LogP contribution in [0, 0.1) is 6.92 Å². The molecule has 1 aromatic heterocycles. The van der Waals surface area contributed by atoms with Crippen LogP contribution in [-0.4, -0.2) is 25.6 Å². The third-order valence-electron chi connectivity index (χ3n) is 5.22. The van der Waals surface area contributed by atoms with Gasteiger partial charge in [0, 0.05) is 17.8 Å². The lowest BCUT2D eigenvalue weighted by atomic mass is 9.94. The van der Waals surface area contributed by atoms with Gasteiger partial charge in [0.2, 0.25) is 0 Å². The fourth-order valence-electron chi connectivity index (χ4n) is 3.67. The van der Waals surface area contributed by atoms with Crippen molar-refractivity contribution in [1.29, 1.82) is 0 Å². The molecule has 0 saturated heterocycles. The zero-order valence-corrected chi connectivity index (χ0v) is 18.9. The van der Waals surface area contributed by atoms with Gasteiger partial charge in [-0.25, -0.2) is 13.2 Å². The van der Waals surface area contributed by atoms with Crippen LogP contribution in [0.5, 0.6) is 5.75 Å². The number of ether oxygens (including phenoxy) is 1. The Morgan fingerprint density at radius 2 is 1.68 bits per heavy atom. The average molecular weight is 485 g/mol. The SMILES string of the molecule is Cc1cnc2c(C(F)(F)F)cccc2c1-c1cccc(C(=O)Oc2cccc(S(C)(=O)=O)c2)c1. The molecule has 9 heteroatoms. The fraction of sp³-hybridized carbons (Fsp3) is 0.120. The van der Waals surface area contributed by atoms with Gasteiger partial charge in [-0.3, -0.25) is 4.98 Å². The second-order valence-electron chi connectivity index (χ2n) is 7.73. The van der Waals surface area contributed by atoms with E-state index in [1.807, 2.05) is 0 Å². The van der Waals surface area contributed by atoms with E-state index < -0.39 is 27.5 Å². The van der Waals surface area contributed by atoms with Gasteiger partial charge in [0.15, 0.2) is 9.84 Å². The minimum atomic E-state index is -4.56. The lowest BCUT2D eigenvalue weighted by Gasteiger charge is -2.15. The van der Waals surface area contributed by atoms with Crippen LogP contribution in [0.2, 0.25) is 0 Å². The molecule has 1 heterocycles. The van der Waals surface area contributed by atoms with Crippen LogP contribution >= 0.6 is 0 Å². The minimum absolute atomic E-state index is 0.00546. The molecule has 0 saturated carbocycles. The highest BCUT2D eigenvalue weighted by Crippen LogP contribution is 2.38. The zero-order chi connectivity index (χ0) is 24.7. The van der Waals surface area contributed by atoms with Crippen LogP contribution in [0.25, 0.3) is 22.0 Å². The first kappa shape index (κ1) is 23.4. The molecule has 4 rings (SSSR count). The van der Waals surface area contributed by atoms with E-state index in [1.54, 1.807) is 25.1 Å². The minimum Gasteiger partial charge on any atom is -0.423 e. The van der Waals surface area contributed by atoms with Gasteiger partial charge in [-0.05, 0) is 60.0 Å². The van der Waals surface area contributed by atoms with E-state index in [2.05, 4.69) is 4.98 Å². The van der Waals surface area contributed by atoms with Gasteiger partial charge in [-0.1, -0.05) is 30.3 Å². The van der Waals surface area contributed by atoms with Crippen molar-refractivity contribution in [3.8, 4) is 16.9 Å². The second kappa shape index (κ2) is 8.57. The van der Waals surface area contributed by atoms with Crippen LogP contribution < -0.4 is 4.74 Å². The van der Waals surface area contributed by atoms with Crippen molar-refractivity contribution >= 4 is 26.7 Å². The molecule has 0 aliphatic rings. The number of carbonyl (C=O) groups excluding carboxylic acids is 1. The monoisotopic (exact) mass is 485 g/mol. The molecule has 0 aliphatic carbocycles. The molecule has 0 bridgehead atoms. The molecule has 34 heavy (non-hydrogen) atoms. The second-order valence-corrected chi connectivity index (χ2v) is 9.75. The van der Waals surface area contributed by atoms with Gasteiger partial charge in [-0.2, -0.15) is 13.2 Å². The standard InChI is InChI=1S/C25H18F3NO4S/c1-15-14-29-23-20(10-5-11-21(23)25(26,27)28)22(15)16-6-3-7-17(12-16)24(30)33-18-8-4-9-19(13-18)34(2,31)32/h3-14H,1-2H3. The fourth-order valence-corrected chi connectivity index (χ4v) is 4.33. The van der Waals surface area contributed by atoms with Gasteiger partial charge >= 0.3 is 12.1 Å². The van der Waals surface area contributed by atoms with E-state index in [-0.39, 0.29) is 21.7 Å². The number of hydrogen-bond donors (Lipinski definition) is 0. The van der Waals surface area contributed by atoms with Gasteiger partial charge in [0.05, 0.1) is 21.5 Å². The predicted molar refractivity (Wildman–Crippen MR) is 121 cm³/mol. The Labute approximate surface area is 193 Å². The number of nitrogens with zero attached hydrogens (tertiary/aromatic N) is 1. The molecule has 0 radical (unpaired) electrons. The summed E-state index contributed by atoms with van der Waals surface area (Å²) in [4.78, 5) is 16.8. The molecule has 5 nitrogen and oxygen atoms in total. The van der Waals surface area contributed by atoms with Crippen molar-refractivity contribution < 1.29 is 31.1 Å². The maximum atomic E-state index is 13.5. The van der Waals surface area contributed by atoms with E-state index >= 15 is 0 Å². The smallest absolute Gasteiger partial charge is 0.418 e. The van der Waals surface area contributed by atoms with Crippen molar-refractivity contribution in [2.45, 2.75) is 18.0 Å². The molecule has 0 N–H and O–H groups in total. The summed E-state index contributed by atoms with van der Waals surface area (Å²) in [5, 5.41) is 0.307. The number of rotatable bonds is 4. The number of sulfone groups is 1. The lowest BCUT2D eigenvalue weighted by Crippen LogP contribution is -2.09. The Morgan fingerprint density at radius 1 is 0.971 bits per heavy atom. The topological polar surface area (TPSA) is 73.3 Å². The predicted octanol–water partition coefficient (Wildman–Crippen LogP) is 5.85. The molecule has 0 amide bonds. The Bertz CT molecular complexity index is 1530. The number of aromatic nitrogens is 1. The van der Waals surface area contributed by atoms with Crippen LogP contribution in [0.1, 0.15) is 21.5 Å². The number of carbonyl (C=O) groups is 1. The number of fused-ring (bicyclic) bond motifs is 1. The Hall–Kier alpha value is -3.72. The Kier molecular flexibility index (Phi) is 5.91. The summed E-state index contributed by atoms with van der Waals surface area (Å²) in [7, 11) is -3.49. The number of alkyl halides is 3. The zero-order valence-electron chi connectivity index (χ0n) is 18.1. The Morgan fingerprint density at radius 3 is 2.38 bits per heavy atom. The lowest BCUT2D eigenvalue weighted by molar-refractivity contribution is -0.136. The first-order valence-corrected chi connectivity index (χ1v) is 11.9.